The first-order chi connectivity index (χ1) is 12.1. The van der Waals surface area contributed by atoms with E-state index >= 15 is 0 Å². The Labute approximate surface area is 150 Å². The molecule has 2 amide bonds. The van der Waals surface area contributed by atoms with Crippen molar-refractivity contribution in [1.29, 1.82) is 0 Å². The van der Waals surface area contributed by atoms with Gasteiger partial charge in [-0.15, -0.1) is 0 Å². The van der Waals surface area contributed by atoms with Gasteiger partial charge in [0, 0.05) is 18.9 Å². The molecule has 0 unspecified atom stereocenters. The second kappa shape index (κ2) is 10.0. The number of carbonyl (C=O) groups is 2. The molecule has 1 aromatic rings. The Morgan fingerprint density at radius 3 is 2.80 bits per heavy atom. The number of nitrogens with one attached hydrogen (secondary N) is 1. The number of pyridine rings is 1. The third-order valence-electron chi connectivity index (χ3n) is 4.78. The van der Waals surface area contributed by atoms with Crippen LogP contribution in [0.25, 0.3) is 0 Å². The summed E-state index contributed by atoms with van der Waals surface area (Å²) in [5.41, 5.74) is 6.20. The lowest BCUT2D eigenvalue weighted by Gasteiger charge is -2.27. The number of rotatable bonds is 9. The molecule has 1 radical (unpaired) electrons. The van der Waals surface area contributed by atoms with Crippen LogP contribution in [0.15, 0.2) is 24.5 Å². The lowest BCUT2D eigenvalue weighted by Crippen LogP contribution is -2.41. The molecule has 6 heteroatoms. The summed E-state index contributed by atoms with van der Waals surface area (Å²) >= 11 is 0. The molecule has 1 aromatic heterocycles. The van der Waals surface area contributed by atoms with E-state index in [1.54, 1.807) is 30.6 Å². The highest BCUT2D eigenvalue weighted by atomic mass is 16.2. The Hall–Kier alpha value is -2.11. The van der Waals surface area contributed by atoms with Crippen molar-refractivity contribution in [3.8, 4) is 0 Å². The Bertz CT molecular complexity index is 544. The number of nitrogens with two attached hydrogens (primary N) is 1. The number of nitrogens with zero attached hydrogens (tertiary/aromatic N) is 2. The van der Waals surface area contributed by atoms with Crippen LogP contribution in [-0.2, 0) is 9.59 Å². The molecule has 0 saturated heterocycles. The highest BCUT2D eigenvalue weighted by molar-refractivity contribution is 5.85. The van der Waals surface area contributed by atoms with Crippen molar-refractivity contribution in [3.05, 3.63) is 30.9 Å². The van der Waals surface area contributed by atoms with E-state index in [-0.39, 0.29) is 11.8 Å². The Morgan fingerprint density at radius 2 is 2.16 bits per heavy atom. The summed E-state index contributed by atoms with van der Waals surface area (Å²) in [7, 11) is 0. The molecule has 1 heterocycles. The zero-order valence-electron chi connectivity index (χ0n) is 15.0. The summed E-state index contributed by atoms with van der Waals surface area (Å²) < 4.78 is 0. The molecule has 0 spiro atoms. The molecule has 0 bridgehead atoms. The molecule has 1 fully saturated rings. The minimum atomic E-state index is -0.397. The molecule has 0 aromatic carbocycles. The van der Waals surface area contributed by atoms with Crippen LogP contribution in [0.3, 0.4) is 0 Å². The molecule has 6 nitrogen and oxygen atoms in total. The van der Waals surface area contributed by atoms with Gasteiger partial charge in [0.05, 0.1) is 24.7 Å². The number of aromatic nitrogens is 1. The van der Waals surface area contributed by atoms with Crippen molar-refractivity contribution >= 4 is 17.5 Å². The largest absolute Gasteiger partial charge is 0.369 e. The third-order valence-corrected chi connectivity index (χ3v) is 4.78. The van der Waals surface area contributed by atoms with Crippen molar-refractivity contribution in [2.45, 2.75) is 45.4 Å². The first kappa shape index (κ1) is 19.2. The molecule has 1 atom stereocenters. The second-order valence-electron chi connectivity index (χ2n) is 6.88. The van der Waals surface area contributed by atoms with Crippen LogP contribution in [0.4, 0.5) is 5.69 Å². The van der Waals surface area contributed by atoms with Gasteiger partial charge in [0.25, 0.3) is 0 Å². The summed E-state index contributed by atoms with van der Waals surface area (Å²) in [5, 5.41) is 3.18. The van der Waals surface area contributed by atoms with Gasteiger partial charge in [-0.05, 0) is 24.5 Å². The van der Waals surface area contributed by atoms with Crippen molar-refractivity contribution in [2.75, 3.05) is 18.5 Å². The lowest BCUT2D eigenvalue weighted by atomic mass is 9.86. The Morgan fingerprint density at radius 1 is 1.40 bits per heavy atom. The first-order valence-corrected chi connectivity index (χ1v) is 9.11. The number of anilines is 1. The van der Waals surface area contributed by atoms with Crippen molar-refractivity contribution in [3.63, 3.8) is 0 Å². The average Bonchev–Trinajstić information content (AvgIpc) is 2.64. The number of carbonyl (C=O) groups excluding carboxylic acids is 2. The Kier molecular flexibility index (Phi) is 7.70. The first-order valence-electron chi connectivity index (χ1n) is 9.11. The van der Waals surface area contributed by atoms with E-state index in [9.17, 15) is 9.59 Å². The van der Waals surface area contributed by atoms with Gasteiger partial charge in [-0.3, -0.25) is 14.6 Å². The maximum absolute atomic E-state index is 12.6. The van der Waals surface area contributed by atoms with Gasteiger partial charge in [-0.25, -0.2) is 0 Å². The summed E-state index contributed by atoms with van der Waals surface area (Å²) in [6.07, 6.45) is 12.2. The molecule has 2 rings (SSSR count). The second-order valence-corrected chi connectivity index (χ2v) is 6.88. The van der Waals surface area contributed by atoms with Gasteiger partial charge < -0.3 is 16.0 Å². The zero-order valence-corrected chi connectivity index (χ0v) is 15.0. The number of hydrogen-bond donors (Lipinski definition) is 2. The smallest absolute Gasteiger partial charge is 0.227 e. The standard InChI is InChI=1S/C19H29N4O2/c1-15(19(20)25)13-23(14-22-17-8-5-11-21-12-17)18(24)10-9-16-6-3-2-4-7-16/h5,8,10-12,15-16,22H,2-4,6-7,9,13-14H2,1H3,(H2,20,25)/t15-/m0/s1. The number of amides is 2. The van der Waals surface area contributed by atoms with E-state index in [4.69, 9.17) is 5.73 Å². The number of primary amides is 1. The van der Waals surface area contributed by atoms with Crippen LogP contribution in [0.2, 0.25) is 0 Å². The highest BCUT2D eigenvalue weighted by Gasteiger charge is 2.21. The van der Waals surface area contributed by atoms with Gasteiger partial charge in [-0.2, -0.15) is 0 Å². The molecule has 0 aliphatic heterocycles. The third kappa shape index (κ3) is 6.72. The molecule has 1 aliphatic carbocycles. The molecule has 1 saturated carbocycles. The summed E-state index contributed by atoms with van der Waals surface area (Å²) in [5.74, 6) is -0.219. The molecular weight excluding hydrogens is 316 g/mol. The van der Waals surface area contributed by atoms with Gasteiger partial charge in [0.15, 0.2) is 0 Å². The van der Waals surface area contributed by atoms with Crippen LogP contribution in [-0.4, -0.2) is 34.9 Å². The van der Waals surface area contributed by atoms with Crippen molar-refractivity contribution in [2.24, 2.45) is 17.6 Å². The minimum Gasteiger partial charge on any atom is -0.369 e. The SMILES string of the molecule is C[C@@H](CN(CNc1cccnc1)C(=O)[CH]CC1CCCCC1)C(N)=O. The topological polar surface area (TPSA) is 88.3 Å². The van der Waals surface area contributed by atoms with E-state index in [1.165, 1.54) is 32.1 Å². The van der Waals surface area contributed by atoms with E-state index in [1.807, 2.05) is 12.1 Å². The summed E-state index contributed by atoms with van der Waals surface area (Å²) in [6.45, 7) is 2.37. The van der Waals surface area contributed by atoms with Crippen LogP contribution < -0.4 is 11.1 Å². The van der Waals surface area contributed by atoms with Crippen molar-refractivity contribution < 1.29 is 9.59 Å². The number of hydrogen-bond acceptors (Lipinski definition) is 4. The predicted octanol–water partition coefficient (Wildman–Crippen LogP) is 2.58. The summed E-state index contributed by atoms with van der Waals surface area (Å²) in [4.78, 5) is 29.7. The molecule has 3 N–H and O–H groups in total. The molecular formula is C19H29N4O2. The molecule has 25 heavy (non-hydrogen) atoms. The monoisotopic (exact) mass is 345 g/mol. The van der Waals surface area contributed by atoms with Crippen LogP contribution >= 0.6 is 0 Å². The van der Waals surface area contributed by atoms with Gasteiger partial charge in [0.2, 0.25) is 11.8 Å². The summed E-state index contributed by atoms with van der Waals surface area (Å²) in [6, 6.07) is 3.72. The van der Waals surface area contributed by atoms with E-state index < -0.39 is 5.91 Å². The van der Waals surface area contributed by atoms with Gasteiger partial charge in [0.1, 0.15) is 0 Å². The maximum Gasteiger partial charge on any atom is 0.227 e. The zero-order chi connectivity index (χ0) is 18.1. The molecule has 1 aliphatic rings. The Balaban J connectivity index is 1.89. The van der Waals surface area contributed by atoms with Crippen LogP contribution in [0.1, 0.15) is 45.4 Å². The quantitative estimate of drug-likeness (QED) is 0.673. The normalized spacial score (nSPS) is 16.2. The van der Waals surface area contributed by atoms with E-state index in [2.05, 4.69) is 10.3 Å². The van der Waals surface area contributed by atoms with Crippen LogP contribution in [0, 0.1) is 18.3 Å². The predicted molar refractivity (Wildman–Crippen MR) is 98.3 cm³/mol. The molecule has 137 valence electrons. The fraction of sp³-hybridized carbons (Fsp3) is 0.579. The maximum atomic E-state index is 12.6. The van der Waals surface area contributed by atoms with Gasteiger partial charge >= 0.3 is 0 Å². The van der Waals surface area contributed by atoms with Gasteiger partial charge in [-0.1, -0.05) is 39.0 Å². The van der Waals surface area contributed by atoms with Crippen molar-refractivity contribution in [1.82, 2.24) is 9.88 Å². The minimum absolute atomic E-state index is 0.0462. The fourth-order valence-corrected chi connectivity index (χ4v) is 3.13. The van der Waals surface area contributed by atoms with E-state index in [0.717, 1.165) is 12.1 Å². The van der Waals surface area contributed by atoms with E-state index in [0.29, 0.717) is 19.1 Å². The lowest BCUT2D eigenvalue weighted by molar-refractivity contribution is -0.129. The highest BCUT2D eigenvalue weighted by Crippen LogP contribution is 2.27. The fourth-order valence-electron chi connectivity index (χ4n) is 3.13. The van der Waals surface area contributed by atoms with Crippen LogP contribution in [0.5, 0.6) is 0 Å². The average molecular weight is 345 g/mol.